The van der Waals surface area contributed by atoms with Gasteiger partial charge < -0.3 is 15.2 Å². The van der Waals surface area contributed by atoms with Crippen molar-refractivity contribution in [2.24, 2.45) is 5.92 Å². The molecule has 0 saturated carbocycles. The SMILES string of the molecule is CCCCN1CCC(CNC(=O)c2c[nH]c3ccccc23)CC1. The van der Waals surface area contributed by atoms with E-state index < -0.39 is 0 Å². The fourth-order valence-corrected chi connectivity index (χ4v) is 3.39. The molecule has 1 fully saturated rings. The van der Waals surface area contributed by atoms with E-state index in [0.717, 1.165) is 23.0 Å². The number of aromatic amines is 1. The summed E-state index contributed by atoms with van der Waals surface area (Å²) in [7, 11) is 0. The zero-order valence-electron chi connectivity index (χ0n) is 14.0. The van der Waals surface area contributed by atoms with Crippen molar-refractivity contribution in [2.45, 2.75) is 32.6 Å². The monoisotopic (exact) mass is 313 g/mol. The van der Waals surface area contributed by atoms with Crippen molar-refractivity contribution in [2.75, 3.05) is 26.2 Å². The van der Waals surface area contributed by atoms with Gasteiger partial charge in [-0.1, -0.05) is 31.5 Å². The first kappa shape index (κ1) is 16.1. The molecule has 0 aliphatic carbocycles. The Morgan fingerprint density at radius 3 is 2.87 bits per heavy atom. The van der Waals surface area contributed by atoms with Crippen molar-refractivity contribution in [3.05, 3.63) is 36.0 Å². The number of unbranched alkanes of at least 4 members (excludes halogenated alkanes) is 1. The summed E-state index contributed by atoms with van der Waals surface area (Å²) in [5.74, 6) is 0.651. The van der Waals surface area contributed by atoms with Crippen LogP contribution < -0.4 is 5.32 Å². The first-order valence-corrected chi connectivity index (χ1v) is 8.84. The maximum absolute atomic E-state index is 12.4. The molecule has 1 aromatic carbocycles. The highest BCUT2D eigenvalue weighted by molar-refractivity contribution is 6.06. The van der Waals surface area contributed by atoms with Crippen LogP contribution in [0.3, 0.4) is 0 Å². The smallest absolute Gasteiger partial charge is 0.253 e. The minimum Gasteiger partial charge on any atom is -0.360 e. The first-order valence-electron chi connectivity index (χ1n) is 8.84. The van der Waals surface area contributed by atoms with E-state index in [1.54, 1.807) is 0 Å². The summed E-state index contributed by atoms with van der Waals surface area (Å²) in [5.41, 5.74) is 1.77. The molecule has 2 aromatic rings. The molecule has 1 aliphatic rings. The van der Waals surface area contributed by atoms with Gasteiger partial charge in [-0.3, -0.25) is 4.79 Å². The van der Waals surface area contributed by atoms with Crippen LogP contribution in [0.1, 0.15) is 43.0 Å². The van der Waals surface area contributed by atoms with Crippen LogP contribution in [0.5, 0.6) is 0 Å². The van der Waals surface area contributed by atoms with E-state index in [2.05, 4.69) is 22.1 Å². The lowest BCUT2D eigenvalue weighted by atomic mass is 9.96. The molecule has 0 atom stereocenters. The quantitative estimate of drug-likeness (QED) is 0.858. The number of hydrogen-bond acceptors (Lipinski definition) is 2. The molecular formula is C19H27N3O. The number of aromatic nitrogens is 1. The molecule has 1 aromatic heterocycles. The molecule has 124 valence electrons. The highest BCUT2D eigenvalue weighted by Gasteiger charge is 2.20. The van der Waals surface area contributed by atoms with Crippen LogP contribution in [0.4, 0.5) is 0 Å². The van der Waals surface area contributed by atoms with Gasteiger partial charge in [-0.2, -0.15) is 0 Å². The van der Waals surface area contributed by atoms with Gasteiger partial charge in [-0.05, 0) is 50.9 Å². The Hall–Kier alpha value is -1.81. The summed E-state index contributed by atoms with van der Waals surface area (Å²) in [6.07, 6.45) is 6.76. The minimum absolute atomic E-state index is 0.0378. The zero-order chi connectivity index (χ0) is 16.1. The van der Waals surface area contributed by atoms with E-state index in [9.17, 15) is 4.79 Å². The van der Waals surface area contributed by atoms with Crippen LogP contribution in [0.25, 0.3) is 10.9 Å². The van der Waals surface area contributed by atoms with E-state index in [-0.39, 0.29) is 5.91 Å². The number of amides is 1. The number of nitrogens with zero attached hydrogens (tertiary/aromatic N) is 1. The summed E-state index contributed by atoms with van der Waals surface area (Å²) >= 11 is 0. The summed E-state index contributed by atoms with van der Waals surface area (Å²) in [4.78, 5) is 18.1. The molecule has 0 spiro atoms. The van der Waals surface area contributed by atoms with Gasteiger partial charge in [0.25, 0.3) is 5.91 Å². The number of likely N-dealkylation sites (tertiary alicyclic amines) is 1. The van der Waals surface area contributed by atoms with Crippen LogP contribution in [0, 0.1) is 5.92 Å². The highest BCUT2D eigenvalue weighted by Crippen LogP contribution is 2.19. The third-order valence-electron chi connectivity index (χ3n) is 4.92. The standard InChI is InChI=1S/C19H27N3O/c1-2-3-10-22-11-8-15(9-12-22)13-21-19(23)17-14-20-18-7-5-4-6-16(17)18/h4-7,14-15,20H,2-3,8-13H2,1H3,(H,21,23). The molecular weight excluding hydrogens is 286 g/mol. The Bertz CT molecular complexity index is 641. The maximum Gasteiger partial charge on any atom is 0.253 e. The zero-order valence-corrected chi connectivity index (χ0v) is 14.0. The largest absolute Gasteiger partial charge is 0.360 e. The predicted octanol–water partition coefficient (Wildman–Crippen LogP) is 3.41. The lowest BCUT2D eigenvalue weighted by molar-refractivity contribution is 0.0937. The Morgan fingerprint density at radius 2 is 2.09 bits per heavy atom. The number of carbonyl (C=O) groups excluding carboxylic acids is 1. The van der Waals surface area contributed by atoms with E-state index >= 15 is 0 Å². The van der Waals surface area contributed by atoms with Crippen LogP contribution in [-0.2, 0) is 0 Å². The molecule has 2 heterocycles. The number of H-pyrrole nitrogens is 1. The Balaban J connectivity index is 1.48. The minimum atomic E-state index is 0.0378. The van der Waals surface area contributed by atoms with Gasteiger partial charge in [0.2, 0.25) is 0 Å². The lowest BCUT2D eigenvalue weighted by Crippen LogP contribution is -2.39. The topological polar surface area (TPSA) is 48.1 Å². The van der Waals surface area contributed by atoms with Gasteiger partial charge in [-0.15, -0.1) is 0 Å². The summed E-state index contributed by atoms with van der Waals surface area (Å²) in [5, 5.41) is 4.13. The fourth-order valence-electron chi connectivity index (χ4n) is 3.39. The van der Waals surface area contributed by atoms with Crippen LogP contribution in [0.2, 0.25) is 0 Å². The molecule has 1 amide bonds. The number of rotatable bonds is 6. The van der Waals surface area contributed by atoms with Gasteiger partial charge in [-0.25, -0.2) is 0 Å². The molecule has 0 bridgehead atoms. The number of nitrogens with one attached hydrogen (secondary N) is 2. The van der Waals surface area contributed by atoms with Crippen LogP contribution in [0.15, 0.2) is 30.5 Å². The second kappa shape index (κ2) is 7.64. The van der Waals surface area contributed by atoms with Crippen molar-refractivity contribution in [3.8, 4) is 0 Å². The van der Waals surface area contributed by atoms with Gasteiger partial charge in [0.15, 0.2) is 0 Å². The molecule has 4 nitrogen and oxygen atoms in total. The van der Waals surface area contributed by atoms with Gasteiger partial charge >= 0.3 is 0 Å². The van der Waals surface area contributed by atoms with Gasteiger partial charge in [0, 0.05) is 23.6 Å². The Labute approximate surface area is 138 Å². The van der Waals surface area contributed by atoms with E-state index in [1.165, 1.54) is 45.3 Å². The number of benzene rings is 1. The molecule has 23 heavy (non-hydrogen) atoms. The molecule has 0 unspecified atom stereocenters. The van der Waals surface area contributed by atoms with E-state index in [1.807, 2.05) is 30.5 Å². The van der Waals surface area contributed by atoms with Crippen LogP contribution >= 0.6 is 0 Å². The fraction of sp³-hybridized carbons (Fsp3) is 0.526. The normalized spacial score (nSPS) is 16.7. The summed E-state index contributed by atoms with van der Waals surface area (Å²) in [6.45, 7) is 6.61. The molecule has 1 saturated heterocycles. The van der Waals surface area contributed by atoms with Crippen molar-refractivity contribution in [1.82, 2.24) is 15.2 Å². The second-order valence-electron chi connectivity index (χ2n) is 6.60. The Morgan fingerprint density at radius 1 is 1.30 bits per heavy atom. The molecule has 4 heteroatoms. The van der Waals surface area contributed by atoms with Crippen molar-refractivity contribution in [3.63, 3.8) is 0 Å². The third-order valence-corrected chi connectivity index (χ3v) is 4.92. The number of fused-ring (bicyclic) bond motifs is 1. The number of hydrogen-bond donors (Lipinski definition) is 2. The van der Waals surface area contributed by atoms with Gasteiger partial charge in [0.05, 0.1) is 5.56 Å². The maximum atomic E-state index is 12.4. The molecule has 2 N–H and O–H groups in total. The summed E-state index contributed by atoms with van der Waals surface area (Å²) < 4.78 is 0. The highest BCUT2D eigenvalue weighted by atomic mass is 16.1. The predicted molar refractivity (Wildman–Crippen MR) is 94.7 cm³/mol. The lowest BCUT2D eigenvalue weighted by Gasteiger charge is -2.31. The number of para-hydroxylation sites is 1. The molecule has 3 rings (SSSR count). The number of carbonyl (C=O) groups is 1. The average Bonchev–Trinajstić information content (AvgIpc) is 3.03. The third kappa shape index (κ3) is 3.94. The van der Waals surface area contributed by atoms with Crippen molar-refractivity contribution >= 4 is 16.8 Å². The molecule has 0 radical (unpaired) electrons. The first-order chi connectivity index (χ1) is 11.3. The van der Waals surface area contributed by atoms with Crippen molar-refractivity contribution in [1.29, 1.82) is 0 Å². The van der Waals surface area contributed by atoms with Crippen LogP contribution in [-0.4, -0.2) is 42.0 Å². The van der Waals surface area contributed by atoms with E-state index in [4.69, 9.17) is 0 Å². The average molecular weight is 313 g/mol. The van der Waals surface area contributed by atoms with Crippen molar-refractivity contribution < 1.29 is 4.79 Å². The van der Waals surface area contributed by atoms with E-state index in [0.29, 0.717) is 5.92 Å². The molecule has 1 aliphatic heterocycles. The Kier molecular flexibility index (Phi) is 5.34. The summed E-state index contributed by atoms with van der Waals surface area (Å²) in [6, 6.07) is 7.94. The van der Waals surface area contributed by atoms with Gasteiger partial charge in [0.1, 0.15) is 0 Å². The second-order valence-corrected chi connectivity index (χ2v) is 6.60. The number of piperidine rings is 1.